The summed E-state index contributed by atoms with van der Waals surface area (Å²) in [6.07, 6.45) is 3.49. The number of hydrogen-bond acceptors (Lipinski definition) is 4. The molecule has 5 nitrogen and oxygen atoms in total. The zero-order chi connectivity index (χ0) is 18.9. The fourth-order valence-corrected chi connectivity index (χ4v) is 6.10. The minimum absolute atomic E-state index is 0.0135. The van der Waals surface area contributed by atoms with E-state index in [0.717, 1.165) is 24.2 Å². The summed E-state index contributed by atoms with van der Waals surface area (Å²) in [5.74, 6) is 0.601. The lowest BCUT2D eigenvalue weighted by Gasteiger charge is -2.51. The van der Waals surface area contributed by atoms with E-state index >= 15 is 0 Å². The smallest absolute Gasteiger partial charge is 0.224 e. The van der Waals surface area contributed by atoms with Crippen LogP contribution in [-0.2, 0) is 19.7 Å². The number of hydrogen-bond donors (Lipinski definition) is 0. The van der Waals surface area contributed by atoms with Crippen molar-refractivity contribution < 1.29 is 14.3 Å². The number of benzene rings is 1. The SMILES string of the molecule is CC(=O)N1c2ccccc2C23CCN(C)/C=C4/[C@@H](C)OC[C@@H]([C@H]12)[C@H]4CC3=O. The predicted octanol–water partition coefficient (Wildman–Crippen LogP) is 2.50. The van der Waals surface area contributed by atoms with Gasteiger partial charge in [-0.1, -0.05) is 18.2 Å². The maximum atomic E-state index is 13.7. The number of Topliss-reactive ketones (excluding diaryl/α,β-unsaturated/α-hetero) is 1. The van der Waals surface area contributed by atoms with Gasteiger partial charge in [-0.25, -0.2) is 0 Å². The van der Waals surface area contributed by atoms with Gasteiger partial charge >= 0.3 is 0 Å². The molecular weight excluding hydrogens is 340 g/mol. The van der Waals surface area contributed by atoms with Gasteiger partial charge in [0.15, 0.2) is 0 Å². The zero-order valence-corrected chi connectivity index (χ0v) is 16.1. The number of fused-ring (bicyclic) bond motifs is 1. The molecule has 5 rings (SSSR count). The molecule has 1 aromatic rings. The number of nitrogens with zero attached hydrogens (tertiary/aromatic N) is 2. The Morgan fingerprint density at radius 2 is 2.07 bits per heavy atom. The molecule has 0 radical (unpaired) electrons. The molecule has 142 valence electrons. The molecule has 5 atom stereocenters. The van der Waals surface area contributed by atoms with E-state index in [-0.39, 0.29) is 29.9 Å². The minimum Gasteiger partial charge on any atom is -0.380 e. The van der Waals surface area contributed by atoms with E-state index in [2.05, 4.69) is 31.1 Å². The number of amides is 1. The molecule has 5 heteroatoms. The topological polar surface area (TPSA) is 49.9 Å². The first-order chi connectivity index (χ1) is 12.9. The van der Waals surface area contributed by atoms with Gasteiger partial charge in [0.25, 0.3) is 0 Å². The van der Waals surface area contributed by atoms with Gasteiger partial charge in [0.2, 0.25) is 5.91 Å². The Balaban J connectivity index is 1.78. The van der Waals surface area contributed by atoms with Crippen molar-refractivity contribution in [2.24, 2.45) is 11.8 Å². The molecule has 1 unspecified atom stereocenters. The summed E-state index contributed by atoms with van der Waals surface area (Å²) in [5, 5.41) is 0. The predicted molar refractivity (Wildman–Crippen MR) is 102 cm³/mol. The molecule has 4 bridgehead atoms. The molecular formula is C22H26N2O3. The fourth-order valence-electron chi connectivity index (χ4n) is 6.10. The zero-order valence-electron chi connectivity index (χ0n) is 16.1. The largest absolute Gasteiger partial charge is 0.380 e. The molecule has 3 heterocycles. The van der Waals surface area contributed by atoms with Crippen LogP contribution in [0.25, 0.3) is 0 Å². The normalized spacial score (nSPS) is 39.1. The maximum absolute atomic E-state index is 13.7. The molecule has 0 spiro atoms. The minimum atomic E-state index is -0.620. The molecule has 1 saturated carbocycles. The number of carbonyl (C=O) groups is 2. The third kappa shape index (κ3) is 2.09. The second kappa shape index (κ2) is 5.68. The number of anilines is 1. The molecule has 2 fully saturated rings. The van der Waals surface area contributed by atoms with Crippen LogP contribution in [0.5, 0.6) is 0 Å². The van der Waals surface area contributed by atoms with Gasteiger partial charge in [-0.15, -0.1) is 0 Å². The Labute approximate surface area is 160 Å². The first kappa shape index (κ1) is 17.0. The van der Waals surface area contributed by atoms with Crippen LogP contribution in [0.2, 0.25) is 0 Å². The molecule has 3 aliphatic heterocycles. The number of ketones is 1. The first-order valence-electron chi connectivity index (χ1n) is 9.91. The van der Waals surface area contributed by atoms with Gasteiger partial charge in [0.05, 0.1) is 24.2 Å². The molecule has 1 amide bonds. The van der Waals surface area contributed by atoms with E-state index in [1.165, 1.54) is 5.57 Å². The molecule has 0 aromatic heterocycles. The molecule has 1 saturated heterocycles. The van der Waals surface area contributed by atoms with Crippen molar-refractivity contribution in [1.29, 1.82) is 0 Å². The van der Waals surface area contributed by atoms with Crippen LogP contribution in [0.4, 0.5) is 5.69 Å². The van der Waals surface area contributed by atoms with Crippen LogP contribution in [-0.4, -0.2) is 48.9 Å². The molecule has 4 aliphatic rings. The van der Waals surface area contributed by atoms with Crippen LogP contribution >= 0.6 is 0 Å². The third-order valence-electron chi connectivity index (χ3n) is 7.26. The lowest BCUT2D eigenvalue weighted by Crippen LogP contribution is -2.63. The van der Waals surface area contributed by atoms with Crippen LogP contribution < -0.4 is 4.90 Å². The number of carbonyl (C=O) groups excluding carboxylic acids is 2. The summed E-state index contributed by atoms with van der Waals surface area (Å²) in [4.78, 5) is 30.6. The molecule has 27 heavy (non-hydrogen) atoms. The van der Waals surface area contributed by atoms with Crippen LogP contribution in [0.3, 0.4) is 0 Å². The highest BCUT2D eigenvalue weighted by Crippen LogP contribution is 2.58. The van der Waals surface area contributed by atoms with E-state index in [1.54, 1.807) is 6.92 Å². The van der Waals surface area contributed by atoms with Crippen LogP contribution in [0, 0.1) is 11.8 Å². The summed E-state index contributed by atoms with van der Waals surface area (Å²) < 4.78 is 6.16. The van der Waals surface area contributed by atoms with Gasteiger partial charge < -0.3 is 14.5 Å². The standard InChI is InChI=1S/C22H26N2O3/c1-13-16-11-23(3)9-8-22-18-6-4-5-7-19(18)24(14(2)25)21(22)17(12-27-13)15(16)10-20(22)26/h4-7,11,13,15,17,21H,8-10,12H2,1-3H3/b16-11-/t13-,15+,17-,21+,22?/m1/s1. The van der Waals surface area contributed by atoms with Crippen LogP contribution in [0.15, 0.2) is 36.0 Å². The van der Waals surface area contributed by atoms with Gasteiger partial charge in [0.1, 0.15) is 5.78 Å². The van der Waals surface area contributed by atoms with Crippen molar-refractivity contribution in [3.05, 3.63) is 41.6 Å². The van der Waals surface area contributed by atoms with Gasteiger partial charge in [0, 0.05) is 44.7 Å². The summed E-state index contributed by atoms with van der Waals surface area (Å²) in [6, 6.07) is 7.86. The maximum Gasteiger partial charge on any atom is 0.224 e. The average molecular weight is 366 g/mol. The summed E-state index contributed by atoms with van der Waals surface area (Å²) in [7, 11) is 2.08. The summed E-state index contributed by atoms with van der Waals surface area (Å²) >= 11 is 0. The Morgan fingerprint density at radius 1 is 1.30 bits per heavy atom. The Kier molecular flexibility index (Phi) is 3.57. The molecule has 1 aliphatic carbocycles. The van der Waals surface area contributed by atoms with Gasteiger partial charge in [-0.05, 0) is 36.5 Å². The first-order valence-corrected chi connectivity index (χ1v) is 9.91. The quantitative estimate of drug-likeness (QED) is 0.708. The second-order valence-corrected chi connectivity index (χ2v) is 8.56. The van der Waals surface area contributed by atoms with Crippen molar-refractivity contribution in [2.45, 2.75) is 44.2 Å². The lowest BCUT2D eigenvalue weighted by molar-refractivity contribution is -0.134. The second-order valence-electron chi connectivity index (χ2n) is 8.56. The third-order valence-corrected chi connectivity index (χ3v) is 7.26. The van der Waals surface area contributed by atoms with Crippen molar-refractivity contribution >= 4 is 17.4 Å². The van der Waals surface area contributed by atoms with E-state index < -0.39 is 5.41 Å². The van der Waals surface area contributed by atoms with Crippen molar-refractivity contribution in [3.8, 4) is 0 Å². The monoisotopic (exact) mass is 366 g/mol. The van der Waals surface area contributed by atoms with Crippen molar-refractivity contribution in [1.82, 2.24) is 4.90 Å². The Morgan fingerprint density at radius 3 is 2.85 bits per heavy atom. The van der Waals surface area contributed by atoms with Gasteiger partial charge in [-0.3, -0.25) is 9.59 Å². The van der Waals surface area contributed by atoms with Crippen LogP contribution in [0.1, 0.15) is 32.3 Å². The summed E-state index contributed by atoms with van der Waals surface area (Å²) in [5.41, 5.74) is 2.53. The van der Waals surface area contributed by atoms with E-state index in [1.807, 2.05) is 23.1 Å². The van der Waals surface area contributed by atoms with Crippen molar-refractivity contribution in [3.63, 3.8) is 0 Å². The lowest BCUT2D eigenvalue weighted by atomic mass is 9.56. The molecule has 0 N–H and O–H groups in total. The van der Waals surface area contributed by atoms with Gasteiger partial charge in [-0.2, -0.15) is 0 Å². The number of rotatable bonds is 0. The Bertz CT molecular complexity index is 863. The average Bonchev–Trinajstić information content (AvgIpc) is 2.97. The van der Waals surface area contributed by atoms with Crippen molar-refractivity contribution in [2.75, 3.05) is 25.1 Å². The fraction of sp³-hybridized carbons (Fsp3) is 0.545. The van der Waals surface area contributed by atoms with E-state index in [9.17, 15) is 9.59 Å². The highest BCUT2D eigenvalue weighted by atomic mass is 16.5. The van der Waals surface area contributed by atoms with E-state index in [0.29, 0.717) is 18.8 Å². The highest BCUT2D eigenvalue weighted by Gasteiger charge is 2.64. The Hall–Kier alpha value is -2.14. The highest BCUT2D eigenvalue weighted by molar-refractivity contribution is 6.04. The van der Waals surface area contributed by atoms with E-state index in [4.69, 9.17) is 4.74 Å². The summed E-state index contributed by atoms with van der Waals surface area (Å²) in [6.45, 7) is 5.09. The number of para-hydroxylation sites is 1. The number of ether oxygens (including phenoxy) is 1. The molecule has 1 aromatic carbocycles.